The molecule has 1 aromatic rings. The van der Waals surface area contributed by atoms with Gasteiger partial charge in [0.05, 0.1) is 29.6 Å². The number of amides is 2. The molecule has 2 amide bonds. The molecular formula is C19H27N3O3. The summed E-state index contributed by atoms with van der Waals surface area (Å²) in [5.74, 6) is 0.0611. The molecule has 0 aliphatic carbocycles. The normalized spacial score (nSPS) is 25.9. The van der Waals surface area contributed by atoms with Crippen molar-refractivity contribution in [3.05, 3.63) is 24.3 Å². The Labute approximate surface area is 149 Å². The van der Waals surface area contributed by atoms with Gasteiger partial charge < -0.3 is 15.0 Å². The van der Waals surface area contributed by atoms with Crippen LogP contribution in [0.2, 0.25) is 0 Å². The second kappa shape index (κ2) is 7.54. The van der Waals surface area contributed by atoms with Crippen molar-refractivity contribution < 1.29 is 14.3 Å². The van der Waals surface area contributed by atoms with Gasteiger partial charge in [-0.1, -0.05) is 12.1 Å². The molecule has 136 valence electrons. The van der Waals surface area contributed by atoms with E-state index in [1.54, 1.807) is 4.90 Å². The summed E-state index contributed by atoms with van der Waals surface area (Å²) >= 11 is 0. The standard InChI is InChI=1S/C19H27N3O3/c1-13-11-21(12-14(2)25-13)15(3)19(24)20-16-7-4-5-8-17(16)22-10-6-9-18(22)23/h4-5,7-8,13-15H,6,9-12H2,1-3H3,(H,20,24)/t13-,14-,15-/m1/s1. The summed E-state index contributed by atoms with van der Waals surface area (Å²) in [6, 6.07) is 7.27. The van der Waals surface area contributed by atoms with Crippen molar-refractivity contribution >= 4 is 23.2 Å². The fraction of sp³-hybridized carbons (Fsp3) is 0.579. The van der Waals surface area contributed by atoms with Gasteiger partial charge in [-0.25, -0.2) is 0 Å². The zero-order valence-electron chi connectivity index (χ0n) is 15.2. The molecule has 6 heteroatoms. The van der Waals surface area contributed by atoms with Crippen LogP contribution in [0.1, 0.15) is 33.6 Å². The lowest BCUT2D eigenvalue weighted by Crippen LogP contribution is -2.52. The molecule has 3 rings (SSSR count). The van der Waals surface area contributed by atoms with Crippen molar-refractivity contribution in [3.8, 4) is 0 Å². The quantitative estimate of drug-likeness (QED) is 0.909. The van der Waals surface area contributed by atoms with Crippen LogP contribution in [0.5, 0.6) is 0 Å². The second-order valence-corrected chi connectivity index (χ2v) is 7.04. The Balaban J connectivity index is 1.71. The summed E-state index contributed by atoms with van der Waals surface area (Å²) in [5, 5.41) is 3.02. The number of carbonyl (C=O) groups excluding carboxylic acids is 2. The minimum Gasteiger partial charge on any atom is -0.373 e. The maximum Gasteiger partial charge on any atom is 0.241 e. The predicted octanol–water partition coefficient (Wildman–Crippen LogP) is 2.25. The van der Waals surface area contributed by atoms with Crippen molar-refractivity contribution in [3.63, 3.8) is 0 Å². The Kier molecular flexibility index (Phi) is 5.39. The van der Waals surface area contributed by atoms with Crippen molar-refractivity contribution in [2.45, 2.75) is 51.9 Å². The lowest BCUT2D eigenvalue weighted by atomic mass is 10.1. The lowest BCUT2D eigenvalue weighted by molar-refractivity contribution is -0.127. The molecule has 6 nitrogen and oxygen atoms in total. The fourth-order valence-corrected chi connectivity index (χ4v) is 3.65. The number of benzene rings is 1. The number of nitrogens with zero attached hydrogens (tertiary/aromatic N) is 2. The summed E-state index contributed by atoms with van der Waals surface area (Å²) < 4.78 is 5.75. The van der Waals surface area contributed by atoms with Crippen LogP contribution in [0.15, 0.2) is 24.3 Å². The highest BCUT2D eigenvalue weighted by Crippen LogP contribution is 2.29. The molecule has 2 fully saturated rings. The molecule has 2 heterocycles. The molecule has 0 radical (unpaired) electrons. The van der Waals surface area contributed by atoms with Gasteiger partial charge in [-0.2, -0.15) is 0 Å². The second-order valence-electron chi connectivity index (χ2n) is 7.04. The molecule has 0 bridgehead atoms. The fourth-order valence-electron chi connectivity index (χ4n) is 3.65. The summed E-state index contributed by atoms with van der Waals surface area (Å²) in [4.78, 5) is 28.7. The van der Waals surface area contributed by atoms with Gasteiger partial charge in [0.1, 0.15) is 0 Å². The summed E-state index contributed by atoms with van der Waals surface area (Å²) in [6.07, 6.45) is 1.67. The summed E-state index contributed by atoms with van der Waals surface area (Å²) in [6.45, 7) is 8.17. The van der Waals surface area contributed by atoms with E-state index in [4.69, 9.17) is 4.74 Å². The molecule has 0 saturated carbocycles. The summed E-state index contributed by atoms with van der Waals surface area (Å²) in [7, 11) is 0. The van der Waals surface area contributed by atoms with Crippen molar-refractivity contribution in [2.24, 2.45) is 0 Å². The molecule has 25 heavy (non-hydrogen) atoms. The van der Waals surface area contributed by atoms with Gasteiger partial charge in [0.2, 0.25) is 11.8 Å². The van der Waals surface area contributed by atoms with Crippen LogP contribution >= 0.6 is 0 Å². The third kappa shape index (κ3) is 4.02. The van der Waals surface area contributed by atoms with E-state index in [-0.39, 0.29) is 30.1 Å². The molecular weight excluding hydrogens is 318 g/mol. The highest BCUT2D eigenvalue weighted by atomic mass is 16.5. The zero-order chi connectivity index (χ0) is 18.0. The van der Waals surface area contributed by atoms with E-state index in [0.717, 1.165) is 25.2 Å². The Morgan fingerprint density at radius 1 is 1.24 bits per heavy atom. The van der Waals surface area contributed by atoms with Gasteiger partial charge >= 0.3 is 0 Å². The first-order chi connectivity index (χ1) is 12.0. The number of nitrogens with one attached hydrogen (secondary N) is 1. The zero-order valence-corrected chi connectivity index (χ0v) is 15.2. The number of rotatable bonds is 4. The van der Waals surface area contributed by atoms with Crippen molar-refractivity contribution in [2.75, 3.05) is 29.9 Å². The van der Waals surface area contributed by atoms with Crippen LogP contribution in [0.4, 0.5) is 11.4 Å². The average molecular weight is 345 g/mol. The molecule has 1 N–H and O–H groups in total. The van der Waals surface area contributed by atoms with Crippen molar-refractivity contribution in [1.29, 1.82) is 0 Å². The van der Waals surface area contributed by atoms with E-state index in [2.05, 4.69) is 10.2 Å². The first-order valence-corrected chi connectivity index (χ1v) is 9.05. The number of morpholine rings is 1. The Morgan fingerprint density at radius 3 is 2.56 bits per heavy atom. The number of anilines is 2. The highest BCUT2D eigenvalue weighted by molar-refractivity contribution is 6.03. The van der Waals surface area contributed by atoms with Crippen LogP contribution < -0.4 is 10.2 Å². The molecule has 0 spiro atoms. The highest BCUT2D eigenvalue weighted by Gasteiger charge is 2.30. The number of hydrogen-bond acceptors (Lipinski definition) is 4. The third-order valence-electron chi connectivity index (χ3n) is 4.90. The molecule has 2 aliphatic heterocycles. The molecule has 3 atom stereocenters. The first-order valence-electron chi connectivity index (χ1n) is 9.05. The SMILES string of the molecule is C[C@@H]1CN([C@H](C)C(=O)Nc2ccccc2N2CCCC2=O)C[C@@H](C)O1. The Bertz CT molecular complexity index is 639. The lowest BCUT2D eigenvalue weighted by Gasteiger charge is -2.38. The number of para-hydroxylation sites is 2. The third-order valence-corrected chi connectivity index (χ3v) is 4.90. The van der Waals surface area contributed by atoms with E-state index >= 15 is 0 Å². The minimum absolute atomic E-state index is 0.0552. The van der Waals surface area contributed by atoms with Crippen molar-refractivity contribution in [1.82, 2.24) is 4.90 Å². The van der Waals surface area contributed by atoms with Crippen LogP contribution in [0, 0.1) is 0 Å². The van der Waals surface area contributed by atoms with Gasteiger partial charge in [-0.05, 0) is 39.3 Å². The van der Waals surface area contributed by atoms with Crippen LogP contribution in [0.25, 0.3) is 0 Å². The van der Waals surface area contributed by atoms with E-state index < -0.39 is 0 Å². The van der Waals surface area contributed by atoms with Gasteiger partial charge in [0, 0.05) is 26.1 Å². The predicted molar refractivity (Wildman–Crippen MR) is 97.7 cm³/mol. The first kappa shape index (κ1) is 17.9. The molecule has 0 unspecified atom stereocenters. The smallest absolute Gasteiger partial charge is 0.241 e. The van der Waals surface area contributed by atoms with Gasteiger partial charge in [-0.15, -0.1) is 0 Å². The topological polar surface area (TPSA) is 61.9 Å². The van der Waals surface area contributed by atoms with Crippen LogP contribution in [-0.2, 0) is 14.3 Å². The number of ether oxygens (including phenoxy) is 1. The molecule has 0 aromatic heterocycles. The van der Waals surface area contributed by atoms with Crippen LogP contribution in [0.3, 0.4) is 0 Å². The average Bonchev–Trinajstić information content (AvgIpc) is 2.99. The maximum atomic E-state index is 12.8. The van der Waals surface area contributed by atoms with E-state index in [0.29, 0.717) is 18.7 Å². The largest absolute Gasteiger partial charge is 0.373 e. The van der Waals surface area contributed by atoms with Gasteiger partial charge in [-0.3, -0.25) is 14.5 Å². The number of hydrogen-bond donors (Lipinski definition) is 1. The van der Waals surface area contributed by atoms with Crippen LogP contribution in [-0.4, -0.2) is 54.6 Å². The molecule has 1 aromatic carbocycles. The minimum atomic E-state index is -0.254. The van der Waals surface area contributed by atoms with E-state index in [1.165, 1.54) is 0 Å². The Hall–Kier alpha value is -1.92. The van der Waals surface area contributed by atoms with E-state index in [1.807, 2.05) is 45.0 Å². The van der Waals surface area contributed by atoms with Gasteiger partial charge in [0.15, 0.2) is 0 Å². The monoisotopic (exact) mass is 345 g/mol. The van der Waals surface area contributed by atoms with E-state index in [9.17, 15) is 9.59 Å². The molecule has 2 saturated heterocycles. The number of carbonyl (C=O) groups is 2. The van der Waals surface area contributed by atoms with Gasteiger partial charge in [0.25, 0.3) is 0 Å². The maximum absolute atomic E-state index is 12.8. The molecule has 2 aliphatic rings. The Morgan fingerprint density at radius 2 is 1.92 bits per heavy atom. The summed E-state index contributed by atoms with van der Waals surface area (Å²) in [5.41, 5.74) is 1.48.